The van der Waals surface area contributed by atoms with E-state index >= 15 is 0 Å². The summed E-state index contributed by atoms with van der Waals surface area (Å²) in [5.41, 5.74) is 7.23. The normalized spacial score (nSPS) is 11.8. The Morgan fingerprint density at radius 1 is 0.424 bits per heavy atom. The molecule has 2 heterocycles. The van der Waals surface area contributed by atoms with Gasteiger partial charge < -0.3 is 9.13 Å². The van der Waals surface area contributed by atoms with Crippen LogP contribution in [0.5, 0.6) is 0 Å². The van der Waals surface area contributed by atoms with E-state index in [1.807, 2.05) is 0 Å². The molecule has 156 valence electrons. The van der Waals surface area contributed by atoms with E-state index in [-0.39, 0.29) is 0 Å². The molecular weight excluding hydrogens is 468 g/mol. The zero-order valence-corrected chi connectivity index (χ0v) is 19.3. The first-order chi connectivity index (χ1) is 16.3. The number of nitrogens with zero attached hydrogens (tertiary/aromatic N) is 2. The number of hydrogen-bond acceptors (Lipinski definition) is 0. The van der Waals surface area contributed by atoms with Crippen molar-refractivity contribution < 1.29 is 0 Å². The molecule has 0 saturated heterocycles. The van der Waals surface area contributed by atoms with Crippen LogP contribution in [0.2, 0.25) is 0 Å². The van der Waals surface area contributed by atoms with Crippen molar-refractivity contribution in [3.8, 4) is 11.4 Å². The van der Waals surface area contributed by atoms with Gasteiger partial charge in [0.2, 0.25) is 0 Å². The third kappa shape index (κ3) is 2.66. The highest BCUT2D eigenvalue weighted by atomic mass is 79.9. The molecule has 0 atom stereocenters. The topological polar surface area (TPSA) is 9.86 Å². The molecule has 0 aliphatic rings. The molecular formula is C30H19BrN2. The SMILES string of the molecule is Brc1ccc2c(c1)c1c3c4ccccc4n(-c4ccccc4)c3ccc1n2-c1ccccc1. The number of para-hydroxylation sites is 3. The predicted molar refractivity (Wildman–Crippen MR) is 143 cm³/mol. The Morgan fingerprint density at radius 2 is 0.909 bits per heavy atom. The maximum atomic E-state index is 3.72. The summed E-state index contributed by atoms with van der Waals surface area (Å²) in [6.07, 6.45) is 0. The largest absolute Gasteiger partial charge is 0.309 e. The average Bonchev–Trinajstić information content (AvgIpc) is 3.37. The molecule has 0 aliphatic heterocycles. The van der Waals surface area contributed by atoms with Gasteiger partial charge in [-0.3, -0.25) is 0 Å². The van der Waals surface area contributed by atoms with E-state index in [9.17, 15) is 0 Å². The van der Waals surface area contributed by atoms with Crippen LogP contribution in [0.1, 0.15) is 0 Å². The summed E-state index contributed by atoms with van der Waals surface area (Å²) in [6.45, 7) is 0. The van der Waals surface area contributed by atoms with E-state index in [2.05, 4.69) is 140 Å². The molecule has 2 nitrogen and oxygen atoms in total. The van der Waals surface area contributed by atoms with E-state index < -0.39 is 0 Å². The molecule has 5 aromatic carbocycles. The molecule has 0 bridgehead atoms. The number of hydrogen-bond donors (Lipinski definition) is 0. The van der Waals surface area contributed by atoms with E-state index in [1.165, 1.54) is 55.0 Å². The van der Waals surface area contributed by atoms with Crippen LogP contribution < -0.4 is 0 Å². The van der Waals surface area contributed by atoms with Crippen LogP contribution in [0.4, 0.5) is 0 Å². The van der Waals surface area contributed by atoms with Crippen molar-refractivity contribution in [1.82, 2.24) is 9.13 Å². The number of halogens is 1. The summed E-state index contributed by atoms with van der Waals surface area (Å²) in [4.78, 5) is 0. The Morgan fingerprint density at radius 3 is 1.55 bits per heavy atom. The maximum absolute atomic E-state index is 3.72. The number of aromatic nitrogens is 2. The lowest BCUT2D eigenvalue weighted by Gasteiger charge is -2.09. The fraction of sp³-hybridized carbons (Fsp3) is 0. The van der Waals surface area contributed by atoms with Gasteiger partial charge in [0.05, 0.1) is 22.1 Å². The van der Waals surface area contributed by atoms with Gasteiger partial charge in [-0.05, 0) is 60.7 Å². The summed E-state index contributed by atoms with van der Waals surface area (Å²) < 4.78 is 5.85. The molecule has 0 saturated carbocycles. The van der Waals surface area contributed by atoms with Gasteiger partial charge in [-0.25, -0.2) is 0 Å². The molecule has 0 spiro atoms. The molecule has 0 unspecified atom stereocenters. The van der Waals surface area contributed by atoms with E-state index in [4.69, 9.17) is 0 Å². The molecule has 0 radical (unpaired) electrons. The molecule has 0 aliphatic carbocycles. The molecule has 7 aromatic rings. The summed E-state index contributed by atoms with van der Waals surface area (Å²) in [5.74, 6) is 0. The number of benzene rings is 5. The Hall–Kier alpha value is -3.82. The second kappa shape index (κ2) is 7.09. The highest BCUT2D eigenvalue weighted by Gasteiger charge is 2.20. The summed E-state index contributed by atoms with van der Waals surface area (Å²) >= 11 is 3.72. The summed E-state index contributed by atoms with van der Waals surface area (Å²) in [7, 11) is 0. The van der Waals surface area contributed by atoms with Gasteiger partial charge in [0.15, 0.2) is 0 Å². The molecule has 2 aromatic heterocycles. The van der Waals surface area contributed by atoms with Crippen molar-refractivity contribution in [2.24, 2.45) is 0 Å². The minimum Gasteiger partial charge on any atom is -0.309 e. The smallest absolute Gasteiger partial charge is 0.0548 e. The van der Waals surface area contributed by atoms with Crippen LogP contribution in [0.25, 0.3) is 55.0 Å². The lowest BCUT2D eigenvalue weighted by Crippen LogP contribution is -1.94. The Labute approximate surface area is 199 Å². The lowest BCUT2D eigenvalue weighted by molar-refractivity contribution is 1.17. The fourth-order valence-electron chi connectivity index (χ4n) is 5.25. The monoisotopic (exact) mass is 486 g/mol. The van der Waals surface area contributed by atoms with Crippen molar-refractivity contribution in [2.75, 3.05) is 0 Å². The second-order valence-corrected chi connectivity index (χ2v) is 9.29. The van der Waals surface area contributed by atoms with E-state index in [1.54, 1.807) is 0 Å². The molecule has 0 amide bonds. The molecule has 3 heteroatoms. The van der Waals surface area contributed by atoms with Crippen LogP contribution in [0.3, 0.4) is 0 Å². The molecule has 7 rings (SSSR count). The first-order valence-corrected chi connectivity index (χ1v) is 11.9. The van der Waals surface area contributed by atoms with Crippen LogP contribution in [-0.4, -0.2) is 9.13 Å². The van der Waals surface area contributed by atoms with Gasteiger partial charge in [0.25, 0.3) is 0 Å². The van der Waals surface area contributed by atoms with Gasteiger partial charge >= 0.3 is 0 Å². The Balaban J connectivity index is 1.75. The van der Waals surface area contributed by atoms with Gasteiger partial charge in [-0.2, -0.15) is 0 Å². The van der Waals surface area contributed by atoms with E-state index in [0.717, 1.165) is 4.47 Å². The first-order valence-electron chi connectivity index (χ1n) is 11.1. The van der Waals surface area contributed by atoms with Crippen LogP contribution in [-0.2, 0) is 0 Å². The van der Waals surface area contributed by atoms with Crippen LogP contribution >= 0.6 is 15.9 Å². The molecule has 33 heavy (non-hydrogen) atoms. The van der Waals surface area contributed by atoms with Crippen molar-refractivity contribution in [3.05, 3.63) is 120 Å². The zero-order valence-electron chi connectivity index (χ0n) is 17.7. The van der Waals surface area contributed by atoms with E-state index in [0.29, 0.717) is 0 Å². The number of rotatable bonds is 2. The Bertz CT molecular complexity index is 1810. The number of fused-ring (bicyclic) bond motifs is 7. The average molecular weight is 487 g/mol. The molecule has 0 fully saturated rings. The summed E-state index contributed by atoms with van der Waals surface area (Å²) in [5, 5.41) is 5.11. The summed E-state index contributed by atoms with van der Waals surface area (Å²) in [6, 6.07) is 41.2. The van der Waals surface area contributed by atoms with Gasteiger partial charge in [0, 0.05) is 37.4 Å². The standard InChI is InChI=1S/C30H19BrN2/c31-20-15-16-26-24(19-20)30-28(33(26)22-11-5-2-6-12-22)18-17-27-29(30)23-13-7-8-14-25(23)32(27)21-9-3-1-4-10-21/h1-19H. The maximum Gasteiger partial charge on any atom is 0.0548 e. The van der Waals surface area contributed by atoms with Crippen molar-refractivity contribution in [2.45, 2.75) is 0 Å². The Kier molecular flexibility index (Phi) is 4.02. The molecule has 0 N–H and O–H groups in total. The van der Waals surface area contributed by atoms with Crippen molar-refractivity contribution in [3.63, 3.8) is 0 Å². The fourth-order valence-corrected chi connectivity index (χ4v) is 5.61. The third-order valence-corrected chi connectivity index (χ3v) is 7.05. The highest BCUT2D eigenvalue weighted by Crippen LogP contribution is 2.42. The third-order valence-electron chi connectivity index (χ3n) is 6.56. The van der Waals surface area contributed by atoms with Gasteiger partial charge in [0.1, 0.15) is 0 Å². The first kappa shape index (κ1) is 18.7. The van der Waals surface area contributed by atoms with Gasteiger partial charge in [-0.15, -0.1) is 0 Å². The van der Waals surface area contributed by atoms with Gasteiger partial charge in [-0.1, -0.05) is 70.5 Å². The van der Waals surface area contributed by atoms with Crippen LogP contribution in [0.15, 0.2) is 120 Å². The lowest BCUT2D eigenvalue weighted by atomic mass is 10.1. The predicted octanol–water partition coefficient (Wildman–Crippen LogP) is 8.64. The van der Waals surface area contributed by atoms with Crippen LogP contribution in [0, 0.1) is 0 Å². The zero-order chi connectivity index (χ0) is 21.9. The second-order valence-electron chi connectivity index (χ2n) is 8.37. The van der Waals surface area contributed by atoms with Crippen molar-refractivity contribution >= 4 is 59.5 Å². The minimum absolute atomic E-state index is 1.09. The highest BCUT2D eigenvalue weighted by molar-refractivity contribution is 9.10. The van der Waals surface area contributed by atoms with Crippen molar-refractivity contribution in [1.29, 1.82) is 0 Å². The minimum atomic E-state index is 1.09. The quantitative estimate of drug-likeness (QED) is 0.231.